The lowest BCUT2D eigenvalue weighted by atomic mass is 9.85. The minimum Gasteiger partial charge on any atom is -0.497 e. The highest BCUT2D eigenvalue weighted by Crippen LogP contribution is 2.30. The summed E-state index contributed by atoms with van der Waals surface area (Å²) < 4.78 is 10.5. The van der Waals surface area contributed by atoms with Crippen LogP contribution in [-0.4, -0.2) is 20.1 Å². The van der Waals surface area contributed by atoms with Crippen molar-refractivity contribution in [3.05, 3.63) is 54.1 Å². The Morgan fingerprint density at radius 2 is 1.62 bits per heavy atom. The van der Waals surface area contributed by atoms with Crippen molar-refractivity contribution >= 4 is 11.6 Å². The molecule has 0 fully saturated rings. The maximum absolute atomic E-state index is 12.9. The summed E-state index contributed by atoms with van der Waals surface area (Å²) in [5, 5.41) is 3.01. The van der Waals surface area contributed by atoms with Crippen LogP contribution in [0.15, 0.2) is 48.5 Å². The summed E-state index contributed by atoms with van der Waals surface area (Å²) in [5.41, 5.74) is 1.69. The van der Waals surface area contributed by atoms with Crippen molar-refractivity contribution in [2.75, 3.05) is 19.5 Å². The average molecular weight is 327 g/mol. The van der Waals surface area contributed by atoms with Crippen molar-refractivity contribution in [1.82, 2.24) is 0 Å². The number of ether oxygens (including phenoxy) is 2. The zero-order chi connectivity index (χ0) is 17.5. The molecule has 0 saturated carbocycles. The fraction of sp³-hybridized carbons (Fsp3) is 0.350. The van der Waals surface area contributed by atoms with Crippen molar-refractivity contribution < 1.29 is 14.3 Å². The minimum absolute atomic E-state index is 0.0224. The van der Waals surface area contributed by atoms with Gasteiger partial charge in [0.05, 0.1) is 20.1 Å². The number of carbonyl (C=O) groups is 1. The Kier molecular flexibility index (Phi) is 6.24. The van der Waals surface area contributed by atoms with E-state index in [1.165, 1.54) is 0 Å². The van der Waals surface area contributed by atoms with Gasteiger partial charge in [-0.3, -0.25) is 4.79 Å². The van der Waals surface area contributed by atoms with Gasteiger partial charge in [0.15, 0.2) is 0 Å². The quantitative estimate of drug-likeness (QED) is 0.816. The van der Waals surface area contributed by atoms with E-state index in [1.54, 1.807) is 32.4 Å². The molecule has 128 valence electrons. The van der Waals surface area contributed by atoms with Gasteiger partial charge in [-0.05, 0) is 11.5 Å². The van der Waals surface area contributed by atoms with Gasteiger partial charge in [0, 0.05) is 23.9 Å². The summed E-state index contributed by atoms with van der Waals surface area (Å²) >= 11 is 0. The van der Waals surface area contributed by atoms with Gasteiger partial charge in [-0.15, -0.1) is 0 Å². The number of benzene rings is 2. The molecule has 0 aromatic heterocycles. The van der Waals surface area contributed by atoms with Gasteiger partial charge < -0.3 is 14.8 Å². The second-order valence-corrected chi connectivity index (χ2v) is 5.86. The molecule has 1 amide bonds. The summed E-state index contributed by atoms with van der Waals surface area (Å²) in [6, 6.07) is 15.3. The molecule has 1 N–H and O–H groups in total. The summed E-state index contributed by atoms with van der Waals surface area (Å²) in [5.74, 6) is 1.30. The molecule has 0 unspecified atom stereocenters. The third kappa shape index (κ3) is 4.28. The van der Waals surface area contributed by atoms with Gasteiger partial charge in [0.25, 0.3) is 0 Å². The Hall–Kier alpha value is -2.49. The molecule has 0 aliphatic carbocycles. The molecule has 4 heteroatoms. The molecule has 2 rings (SSSR count). The molecule has 0 bridgehead atoms. The SMILES string of the molecule is CC[C@H](C)[C@@H](C(=O)Nc1cc(OC)cc(OC)c1)c1ccccc1. The van der Waals surface area contributed by atoms with Crippen molar-refractivity contribution in [3.63, 3.8) is 0 Å². The highest BCUT2D eigenvalue weighted by atomic mass is 16.5. The summed E-state index contributed by atoms with van der Waals surface area (Å²) in [6.45, 7) is 4.20. The summed E-state index contributed by atoms with van der Waals surface area (Å²) in [6.07, 6.45) is 0.925. The normalized spacial score (nSPS) is 13.0. The smallest absolute Gasteiger partial charge is 0.232 e. The second kappa shape index (κ2) is 8.39. The highest BCUT2D eigenvalue weighted by molar-refractivity contribution is 5.96. The zero-order valence-electron chi connectivity index (χ0n) is 14.7. The van der Waals surface area contributed by atoms with Crippen LogP contribution < -0.4 is 14.8 Å². The van der Waals surface area contributed by atoms with Crippen LogP contribution in [-0.2, 0) is 4.79 Å². The van der Waals surface area contributed by atoms with E-state index in [4.69, 9.17) is 9.47 Å². The second-order valence-electron chi connectivity index (χ2n) is 5.86. The lowest BCUT2D eigenvalue weighted by Gasteiger charge is -2.23. The van der Waals surface area contributed by atoms with Gasteiger partial charge in [0.1, 0.15) is 11.5 Å². The largest absolute Gasteiger partial charge is 0.497 e. The summed E-state index contributed by atoms with van der Waals surface area (Å²) in [7, 11) is 3.18. The number of carbonyl (C=O) groups excluding carboxylic acids is 1. The van der Waals surface area contributed by atoms with Crippen LogP contribution in [0.2, 0.25) is 0 Å². The van der Waals surface area contributed by atoms with E-state index in [-0.39, 0.29) is 17.7 Å². The fourth-order valence-electron chi connectivity index (χ4n) is 2.73. The molecule has 24 heavy (non-hydrogen) atoms. The number of nitrogens with one attached hydrogen (secondary N) is 1. The fourth-order valence-corrected chi connectivity index (χ4v) is 2.73. The van der Waals surface area contributed by atoms with Gasteiger partial charge in [-0.2, -0.15) is 0 Å². The first-order valence-corrected chi connectivity index (χ1v) is 8.17. The molecule has 0 spiro atoms. The zero-order valence-corrected chi connectivity index (χ0v) is 14.7. The maximum atomic E-state index is 12.9. The van der Waals surface area contributed by atoms with E-state index < -0.39 is 0 Å². The Labute approximate surface area is 143 Å². The molecule has 0 aliphatic heterocycles. The van der Waals surface area contributed by atoms with E-state index in [0.717, 1.165) is 12.0 Å². The van der Waals surface area contributed by atoms with Gasteiger partial charge >= 0.3 is 0 Å². The van der Waals surface area contributed by atoms with Crippen molar-refractivity contribution in [2.45, 2.75) is 26.2 Å². The van der Waals surface area contributed by atoms with E-state index in [9.17, 15) is 4.79 Å². The molecule has 4 nitrogen and oxygen atoms in total. The number of amides is 1. The van der Waals surface area contributed by atoms with Crippen LogP contribution in [0.25, 0.3) is 0 Å². The Balaban J connectivity index is 2.28. The molecule has 0 radical (unpaired) electrons. The first-order chi connectivity index (χ1) is 11.6. The molecular formula is C20H25NO3. The van der Waals surface area contributed by atoms with E-state index >= 15 is 0 Å². The molecule has 2 atom stereocenters. The third-order valence-electron chi connectivity index (χ3n) is 4.27. The van der Waals surface area contributed by atoms with Crippen LogP contribution in [0.3, 0.4) is 0 Å². The number of rotatable bonds is 7. The lowest BCUT2D eigenvalue weighted by molar-refractivity contribution is -0.118. The number of hydrogen-bond donors (Lipinski definition) is 1. The Morgan fingerprint density at radius 3 is 2.12 bits per heavy atom. The van der Waals surface area contributed by atoms with Gasteiger partial charge in [-0.1, -0.05) is 50.6 Å². The van der Waals surface area contributed by atoms with E-state index in [0.29, 0.717) is 17.2 Å². The summed E-state index contributed by atoms with van der Waals surface area (Å²) in [4.78, 5) is 12.9. The molecule has 0 heterocycles. The van der Waals surface area contributed by atoms with Crippen molar-refractivity contribution in [3.8, 4) is 11.5 Å². The molecule has 2 aromatic rings. The van der Waals surface area contributed by atoms with E-state index in [1.807, 2.05) is 30.3 Å². The Bertz CT molecular complexity index is 648. The standard InChI is InChI=1S/C20H25NO3/c1-5-14(2)19(15-9-7-6-8-10-15)20(22)21-16-11-17(23-3)13-18(12-16)24-4/h6-14,19H,5H2,1-4H3,(H,21,22)/t14-,19+/m0/s1. The minimum atomic E-state index is -0.201. The van der Waals surface area contributed by atoms with Crippen molar-refractivity contribution in [1.29, 1.82) is 0 Å². The first-order valence-electron chi connectivity index (χ1n) is 8.17. The van der Waals surface area contributed by atoms with Crippen LogP contribution in [0.5, 0.6) is 11.5 Å². The van der Waals surface area contributed by atoms with Gasteiger partial charge in [0.2, 0.25) is 5.91 Å². The van der Waals surface area contributed by atoms with Gasteiger partial charge in [-0.25, -0.2) is 0 Å². The molecule has 2 aromatic carbocycles. The van der Waals surface area contributed by atoms with Crippen LogP contribution in [0, 0.1) is 5.92 Å². The Morgan fingerprint density at radius 1 is 1.04 bits per heavy atom. The monoisotopic (exact) mass is 327 g/mol. The van der Waals surface area contributed by atoms with Crippen LogP contribution >= 0.6 is 0 Å². The molecule has 0 saturated heterocycles. The number of hydrogen-bond acceptors (Lipinski definition) is 3. The predicted octanol–water partition coefficient (Wildman–Crippen LogP) is 4.47. The van der Waals surface area contributed by atoms with Crippen LogP contribution in [0.1, 0.15) is 31.7 Å². The van der Waals surface area contributed by atoms with Crippen molar-refractivity contribution in [2.24, 2.45) is 5.92 Å². The molecular weight excluding hydrogens is 302 g/mol. The third-order valence-corrected chi connectivity index (χ3v) is 4.27. The predicted molar refractivity (Wildman–Crippen MR) is 96.8 cm³/mol. The average Bonchev–Trinajstić information content (AvgIpc) is 2.62. The lowest BCUT2D eigenvalue weighted by Crippen LogP contribution is -2.26. The highest BCUT2D eigenvalue weighted by Gasteiger charge is 2.26. The van der Waals surface area contributed by atoms with E-state index in [2.05, 4.69) is 19.2 Å². The topological polar surface area (TPSA) is 47.6 Å². The van der Waals surface area contributed by atoms with Crippen LogP contribution in [0.4, 0.5) is 5.69 Å². The first kappa shape index (κ1) is 17.9. The maximum Gasteiger partial charge on any atom is 0.232 e. The number of methoxy groups -OCH3 is 2. The molecule has 0 aliphatic rings. The number of anilines is 1.